The number of imidazole rings is 1. The summed E-state index contributed by atoms with van der Waals surface area (Å²) in [7, 11) is 0. The molecule has 0 amide bonds. The maximum absolute atomic E-state index is 4.35. The minimum Gasteiger partial charge on any atom is -0.283 e. The highest BCUT2D eigenvalue weighted by molar-refractivity contribution is 5.72. The lowest BCUT2D eigenvalue weighted by Gasteiger charge is -2.06. The number of hydrogen-bond donors (Lipinski definition) is 0. The van der Waals surface area contributed by atoms with Crippen LogP contribution in [-0.4, -0.2) is 14.5 Å². The van der Waals surface area contributed by atoms with Crippen LogP contribution in [0.1, 0.15) is 11.1 Å². The van der Waals surface area contributed by atoms with Crippen molar-refractivity contribution in [2.75, 3.05) is 0 Å². The van der Waals surface area contributed by atoms with Crippen LogP contribution in [0.2, 0.25) is 0 Å². The number of pyridine rings is 1. The second-order valence-electron chi connectivity index (χ2n) is 4.07. The molecular formula is C14H12N3. The molecule has 0 unspecified atom stereocenters. The average Bonchev–Trinajstić information content (AvgIpc) is 2.76. The average molecular weight is 222 g/mol. The first-order valence-electron chi connectivity index (χ1n) is 5.47. The maximum atomic E-state index is 4.35. The second-order valence-corrected chi connectivity index (χ2v) is 4.07. The summed E-state index contributed by atoms with van der Waals surface area (Å²) in [4.78, 5) is 8.69. The Bertz CT molecular complexity index is 683. The predicted molar refractivity (Wildman–Crippen MR) is 68.1 cm³/mol. The van der Waals surface area contributed by atoms with Crippen molar-refractivity contribution in [1.29, 1.82) is 0 Å². The molecular weight excluding hydrogens is 210 g/mol. The first-order chi connectivity index (χ1) is 8.25. The Balaban J connectivity index is 2.24. The fourth-order valence-corrected chi connectivity index (χ4v) is 1.87. The van der Waals surface area contributed by atoms with Gasteiger partial charge in [-0.25, -0.2) is 9.97 Å². The first kappa shape index (κ1) is 10.0. The van der Waals surface area contributed by atoms with E-state index in [0.29, 0.717) is 0 Å². The maximum Gasteiger partial charge on any atom is 0.164 e. The van der Waals surface area contributed by atoms with Crippen LogP contribution >= 0.6 is 0 Å². The molecule has 0 aliphatic rings. The Kier molecular flexibility index (Phi) is 2.18. The topological polar surface area (TPSA) is 30.7 Å². The molecule has 2 aromatic heterocycles. The van der Waals surface area contributed by atoms with Crippen LogP contribution in [0.5, 0.6) is 0 Å². The van der Waals surface area contributed by atoms with E-state index in [2.05, 4.69) is 29.9 Å². The van der Waals surface area contributed by atoms with Crippen LogP contribution in [0.25, 0.3) is 16.9 Å². The van der Waals surface area contributed by atoms with E-state index in [9.17, 15) is 0 Å². The molecule has 3 nitrogen and oxygen atoms in total. The third-order valence-corrected chi connectivity index (χ3v) is 2.91. The number of fused-ring (bicyclic) bond motifs is 1. The summed E-state index contributed by atoms with van der Waals surface area (Å²) in [5.74, 6) is 0. The third-order valence-electron chi connectivity index (χ3n) is 2.91. The molecule has 0 aliphatic carbocycles. The van der Waals surface area contributed by atoms with E-state index < -0.39 is 0 Å². The summed E-state index contributed by atoms with van der Waals surface area (Å²) in [5.41, 5.74) is 5.06. The molecule has 0 saturated carbocycles. The molecule has 2 heterocycles. The van der Waals surface area contributed by atoms with E-state index in [1.54, 1.807) is 12.5 Å². The molecule has 1 aromatic carbocycles. The van der Waals surface area contributed by atoms with Gasteiger partial charge in [0, 0.05) is 11.9 Å². The fourth-order valence-electron chi connectivity index (χ4n) is 1.87. The molecule has 0 bridgehead atoms. The van der Waals surface area contributed by atoms with Crippen LogP contribution in [0.15, 0.2) is 42.9 Å². The normalized spacial score (nSPS) is 10.9. The van der Waals surface area contributed by atoms with Gasteiger partial charge in [0.1, 0.15) is 11.8 Å². The summed E-state index contributed by atoms with van der Waals surface area (Å²) < 4.78 is 1.99. The van der Waals surface area contributed by atoms with Gasteiger partial charge in [-0.05, 0) is 49.2 Å². The molecule has 0 saturated heterocycles. The summed E-state index contributed by atoms with van der Waals surface area (Å²) >= 11 is 0. The number of aromatic nitrogens is 3. The van der Waals surface area contributed by atoms with Crippen molar-refractivity contribution in [3.63, 3.8) is 0 Å². The fraction of sp³-hybridized carbons (Fsp3) is 0.0714. The van der Waals surface area contributed by atoms with Gasteiger partial charge in [-0.15, -0.1) is 0 Å². The van der Waals surface area contributed by atoms with Gasteiger partial charge in [-0.3, -0.25) is 4.57 Å². The van der Waals surface area contributed by atoms with Crippen LogP contribution < -0.4 is 0 Å². The lowest BCUT2D eigenvalue weighted by Crippen LogP contribution is -1.94. The molecule has 0 aliphatic heterocycles. The summed E-state index contributed by atoms with van der Waals surface area (Å²) in [5, 5.41) is 0. The highest BCUT2D eigenvalue weighted by Gasteiger charge is 2.05. The van der Waals surface area contributed by atoms with Gasteiger partial charge in [-0.2, -0.15) is 0 Å². The van der Waals surface area contributed by atoms with Crippen molar-refractivity contribution in [3.8, 4) is 5.69 Å². The van der Waals surface area contributed by atoms with Crippen molar-refractivity contribution >= 4 is 11.2 Å². The molecule has 83 valence electrons. The molecule has 0 spiro atoms. The van der Waals surface area contributed by atoms with E-state index >= 15 is 0 Å². The third kappa shape index (κ3) is 1.60. The zero-order valence-corrected chi connectivity index (χ0v) is 9.59. The quantitative estimate of drug-likeness (QED) is 0.633. The van der Waals surface area contributed by atoms with Crippen LogP contribution in [-0.2, 0) is 0 Å². The first-order valence-corrected chi connectivity index (χ1v) is 5.47. The van der Waals surface area contributed by atoms with Crippen LogP contribution in [0.4, 0.5) is 0 Å². The van der Waals surface area contributed by atoms with Gasteiger partial charge in [0.05, 0.1) is 0 Å². The van der Waals surface area contributed by atoms with Crippen molar-refractivity contribution in [2.45, 2.75) is 6.92 Å². The van der Waals surface area contributed by atoms with Gasteiger partial charge in [0.2, 0.25) is 0 Å². The number of hydrogen-bond acceptors (Lipinski definition) is 2. The molecule has 1 radical (unpaired) electrons. The zero-order chi connectivity index (χ0) is 11.8. The van der Waals surface area contributed by atoms with E-state index in [1.807, 2.05) is 28.8 Å². The summed E-state index contributed by atoms with van der Waals surface area (Å²) in [6.07, 6.45) is 3.58. The second kappa shape index (κ2) is 3.70. The highest BCUT2D eigenvalue weighted by atomic mass is 15.1. The number of benzene rings is 1. The Morgan fingerprint density at radius 1 is 1.18 bits per heavy atom. The lowest BCUT2D eigenvalue weighted by molar-refractivity contribution is 1.06. The molecule has 3 heteroatoms. The van der Waals surface area contributed by atoms with Crippen molar-refractivity contribution < 1.29 is 0 Å². The Morgan fingerprint density at radius 2 is 2.06 bits per heavy atom. The molecule has 3 rings (SSSR count). The monoisotopic (exact) mass is 222 g/mol. The summed E-state index contributed by atoms with van der Waals surface area (Å²) in [6, 6.07) is 9.99. The number of nitrogens with zero attached hydrogens (tertiary/aromatic N) is 3. The molecule has 17 heavy (non-hydrogen) atoms. The highest BCUT2D eigenvalue weighted by Crippen LogP contribution is 2.18. The Morgan fingerprint density at radius 3 is 2.88 bits per heavy atom. The minimum absolute atomic E-state index is 0.878. The number of aryl methyl sites for hydroxylation is 1. The lowest BCUT2D eigenvalue weighted by atomic mass is 10.1. The van der Waals surface area contributed by atoms with Gasteiger partial charge in [0.25, 0.3) is 0 Å². The molecule has 0 N–H and O–H groups in total. The van der Waals surface area contributed by atoms with E-state index in [0.717, 1.165) is 22.4 Å². The van der Waals surface area contributed by atoms with Crippen molar-refractivity contribution in [1.82, 2.24) is 14.5 Å². The Labute approximate surface area is 99.8 Å². The van der Waals surface area contributed by atoms with Crippen molar-refractivity contribution in [3.05, 3.63) is 60.9 Å². The Hall–Kier alpha value is -2.16. The summed E-state index contributed by atoms with van der Waals surface area (Å²) in [6.45, 7) is 6.02. The molecule has 0 fully saturated rings. The standard InChI is InChI=1S/C14H12N3/c1-10-5-6-12(8-11(10)2)17-9-16-13-4-3-7-15-14(13)17/h3-9H,1H2,2H3. The van der Waals surface area contributed by atoms with Gasteiger partial charge in [-0.1, -0.05) is 6.07 Å². The molecule has 0 atom stereocenters. The predicted octanol–water partition coefficient (Wildman–Crippen LogP) is 2.91. The smallest absolute Gasteiger partial charge is 0.164 e. The van der Waals surface area contributed by atoms with E-state index in [4.69, 9.17) is 0 Å². The van der Waals surface area contributed by atoms with Gasteiger partial charge < -0.3 is 0 Å². The van der Waals surface area contributed by atoms with E-state index in [-0.39, 0.29) is 0 Å². The SMILES string of the molecule is [CH2]c1ccc(-n2cnc3cccnc32)cc1C. The number of rotatable bonds is 1. The van der Waals surface area contributed by atoms with E-state index in [1.165, 1.54) is 5.56 Å². The van der Waals surface area contributed by atoms with Gasteiger partial charge in [0.15, 0.2) is 5.65 Å². The minimum atomic E-state index is 0.878. The largest absolute Gasteiger partial charge is 0.283 e. The van der Waals surface area contributed by atoms with Crippen LogP contribution in [0.3, 0.4) is 0 Å². The molecule has 3 aromatic rings. The van der Waals surface area contributed by atoms with Gasteiger partial charge >= 0.3 is 0 Å². The van der Waals surface area contributed by atoms with Crippen molar-refractivity contribution in [2.24, 2.45) is 0 Å². The van der Waals surface area contributed by atoms with Crippen LogP contribution in [0, 0.1) is 13.8 Å². The zero-order valence-electron chi connectivity index (χ0n) is 9.59.